The molecule has 94 valence electrons. The summed E-state index contributed by atoms with van der Waals surface area (Å²) in [5.41, 5.74) is 0.757. The summed E-state index contributed by atoms with van der Waals surface area (Å²) in [7, 11) is -3.41. The Morgan fingerprint density at radius 1 is 1.41 bits per heavy atom. The zero-order chi connectivity index (χ0) is 12.3. The highest BCUT2D eigenvalue weighted by molar-refractivity contribution is 7.89. The molecule has 1 aliphatic rings. The molecule has 0 bridgehead atoms. The molecule has 2 rings (SSSR count). The first-order valence-electron chi connectivity index (χ1n) is 5.76. The molecule has 4 nitrogen and oxygen atoms in total. The summed E-state index contributed by atoms with van der Waals surface area (Å²) in [5, 5.41) is 0. The number of nitrogens with one attached hydrogen (secondary N) is 1. The fraction of sp³-hybridized carbons (Fsp3) is 0.500. The van der Waals surface area contributed by atoms with Crippen LogP contribution in [-0.2, 0) is 14.8 Å². The topological polar surface area (TPSA) is 55.4 Å². The molecule has 0 aliphatic carbocycles. The van der Waals surface area contributed by atoms with E-state index in [0.29, 0.717) is 11.4 Å². The van der Waals surface area contributed by atoms with Gasteiger partial charge in [0.25, 0.3) is 0 Å². The second-order valence-corrected chi connectivity index (χ2v) is 5.99. The van der Waals surface area contributed by atoms with E-state index in [2.05, 4.69) is 4.72 Å². The van der Waals surface area contributed by atoms with E-state index in [1.807, 2.05) is 6.07 Å². The third kappa shape index (κ3) is 3.06. The number of rotatable bonds is 4. The Hall–Kier alpha value is -0.910. The third-order valence-corrected chi connectivity index (χ3v) is 4.49. The van der Waals surface area contributed by atoms with Crippen LogP contribution in [0.4, 0.5) is 0 Å². The summed E-state index contributed by atoms with van der Waals surface area (Å²) in [6.07, 6.45) is 1.96. The van der Waals surface area contributed by atoms with Gasteiger partial charge in [-0.15, -0.1) is 0 Å². The number of sulfonamides is 1. The van der Waals surface area contributed by atoms with E-state index in [1.54, 1.807) is 25.1 Å². The van der Waals surface area contributed by atoms with Crippen LogP contribution in [0.15, 0.2) is 29.2 Å². The van der Waals surface area contributed by atoms with Crippen molar-refractivity contribution in [1.29, 1.82) is 0 Å². The van der Waals surface area contributed by atoms with Crippen molar-refractivity contribution in [3.8, 4) is 0 Å². The zero-order valence-electron chi connectivity index (χ0n) is 9.85. The minimum Gasteiger partial charge on any atom is -0.377 e. The summed E-state index contributed by atoms with van der Waals surface area (Å²) in [5.74, 6) is 0. The van der Waals surface area contributed by atoms with Crippen molar-refractivity contribution in [2.75, 3.05) is 13.2 Å². The molecule has 17 heavy (non-hydrogen) atoms. The van der Waals surface area contributed by atoms with E-state index in [0.717, 1.165) is 25.0 Å². The van der Waals surface area contributed by atoms with E-state index in [1.165, 1.54) is 0 Å². The van der Waals surface area contributed by atoms with Crippen LogP contribution in [0.3, 0.4) is 0 Å². The Bertz CT molecular complexity index is 478. The van der Waals surface area contributed by atoms with Gasteiger partial charge in [0.05, 0.1) is 11.0 Å². The summed E-state index contributed by atoms with van der Waals surface area (Å²) >= 11 is 0. The van der Waals surface area contributed by atoms with E-state index in [9.17, 15) is 8.42 Å². The van der Waals surface area contributed by atoms with Crippen molar-refractivity contribution < 1.29 is 13.2 Å². The highest BCUT2D eigenvalue weighted by Gasteiger charge is 2.20. The van der Waals surface area contributed by atoms with Gasteiger partial charge < -0.3 is 4.74 Å². The SMILES string of the molecule is Cc1ccccc1S(=O)(=O)NC[C@H]1CCCO1. The molecule has 1 aromatic carbocycles. The van der Waals surface area contributed by atoms with Crippen LogP contribution in [0.25, 0.3) is 0 Å². The maximum Gasteiger partial charge on any atom is 0.240 e. The molecule has 0 unspecified atom stereocenters. The first-order chi connectivity index (χ1) is 8.09. The van der Waals surface area contributed by atoms with Crippen molar-refractivity contribution in [2.45, 2.75) is 30.8 Å². The molecule has 1 atom stereocenters. The molecule has 0 spiro atoms. The monoisotopic (exact) mass is 255 g/mol. The minimum atomic E-state index is -3.41. The summed E-state index contributed by atoms with van der Waals surface area (Å²) in [4.78, 5) is 0.345. The van der Waals surface area contributed by atoms with Crippen LogP contribution in [0.5, 0.6) is 0 Å². The van der Waals surface area contributed by atoms with Crippen LogP contribution in [0.1, 0.15) is 18.4 Å². The van der Waals surface area contributed by atoms with Gasteiger partial charge in [-0.25, -0.2) is 13.1 Å². The molecule has 0 radical (unpaired) electrons. The van der Waals surface area contributed by atoms with Crippen LogP contribution >= 0.6 is 0 Å². The van der Waals surface area contributed by atoms with Crippen molar-refractivity contribution in [2.24, 2.45) is 0 Å². The molecule has 1 fully saturated rings. The first-order valence-corrected chi connectivity index (χ1v) is 7.25. The number of hydrogen-bond donors (Lipinski definition) is 1. The van der Waals surface area contributed by atoms with Gasteiger partial charge in [-0.3, -0.25) is 0 Å². The lowest BCUT2D eigenvalue weighted by Crippen LogP contribution is -2.32. The van der Waals surface area contributed by atoms with Gasteiger partial charge in [-0.1, -0.05) is 18.2 Å². The lowest BCUT2D eigenvalue weighted by molar-refractivity contribution is 0.114. The molecule has 5 heteroatoms. The second kappa shape index (κ2) is 5.16. The summed E-state index contributed by atoms with van der Waals surface area (Å²) in [6.45, 7) is 2.88. The van der Waals surface area contributed by atoms with Gasteiger partial charge in [0, 0.05) is 13.2 Å². The van der Waals surface area contributed by atoms with Crippen LogP contribution in [-0.4, -0.2) is 27.7 Å². The van der Waals surface area contributed by atoms with Crippen LogP contribution in [0, 0.1) is 6.92 Å². The molecular weight excluding hydrogens is 238 g/mol. The predicted molar refractivity (Wildman–Crippen MR) is 65.3 cm³/mol. The van der Waals surface area contributed by atoms with E-state index < -0.39 is 10.0 Å². The van der Waals surface area contributed by atoms with E-state index in [-0.39, 0.29) is 6.10 Å². The van der Waals surface area contributed by atoms with Crippen LogP contribution in [0.2, 0.25) is 0 Å². The third-order valence-electron chi connectivity index (χ3n) is 2.91. The Labute approximate surface area is 102 Å². The normalized spacial score (nSPS) is 20.6. The van der Waals surface area contributed by atoms with Crippen molar-refractivity contribution >= 4 is 10.0 Å². The Kier molecular flexibility index (Phi) is 3.81. The molecule has 1 N–H and O–H groups in total. The second-order valence-electron chi connectivity index (χ2n) is 4.25. The first kappa shape index (κ1) is 12.5. The predicted octanol–water partition coefficient (Wildman–Crippen LogP) is 1.45. The molecule has 0 saturated carbocycles. The van der Waals surface area contributed by atoms with Crippen LogP contribution < -0.4 is 4.72 Å². The maximum atomic E-state index is 12.0. The summed E-state index contributed by atoms with van der Waals surface area (Å²) < 4.78 is 32.1. The van der Waals surface area contributed by atoms with E-state index in [4.69, 9.17) is 4.74 Å². The highest BCUT2D eigenvalue weighted by atomic mass is 32.2. The van der Waals surface area contributed by atoms with E-state index >= 15 is 0 Å². The molecule has 1 aliphatic heterocycles. The molecular formula is C12H17NO3S. The van der Waals surface area contributed by atoms with Gasteiger partial charge >= 0.3 is 0 Å². The van der Waals surface area contributed by atoms with Crippen molar-refractivity contribution in [3.05, 3.63) is 29.8 Å². The smallest absolute Gasteiger partial charge is 0.240 e. The number of benzene rings is 1. The fourth-order valence-electron chi connectivity index (χ4n) is 1.94. The largest absolute Gasteiger partial charge is 0.377 e. The Morgan fingerprint density at radius 3 is 2.82 bits per heavy atom. The summed E-state index contributed by atoms with van der Waals surface area (Å²) in [6, 6.07) is 6.97. The zero-order valence-corrected chi connectivity index (χ0v) is 10.7. The fourth-order valence-corrected chi connectivity index (χ4v) is 3.25. The van der Waals surface area contributed by atoms with Gasteiger partial charge in [0.2, 0.25) is 10.0 Å². The molecule has 0 amide bonds. The number of hydrogen-bond acceptors (Lipinski definition) is 3. The lowest BCUT2D eigenvalue weighted by Gasteiger charge is -2.12. The standard InChI is InChI=1S/C12H17NO3S/c1-10-5-2-3-7-12(10)17(14,15)13-9-11-6-4-8-16-11/h2-3,5,7,11,13H,4,6,8-9H2,1H3/t11-/m1/s1. The van der Waals surface area contributed by atoms with Gasteiger partial charge in [-0.05, 0) is 31.4 Å². The Balaban J connectivity index is 2.06. The minimum absolute atomic E-state index is 0.0220. The molecule has 1 aromatic rings. The number of aryl methyl sites for hydroxylation is 1. The number of ether oxygens (including phenoxy) is 1. The van der Waals surface area contributed by atoms with Crippen molar-refractivity contribution in [3.63, 3.8) is 0 Å². The van der Waals surface area contributed by atoms with Gasteiger partial charge in [-0.2, -0.15) is 0 Å². The lowest BCUT2D eigenvalue weighted by atomic mass is 10.2. The quantitative estimate of drug-likeness (QED) is 0.886. The molecule has 0 aromatic heterocycles. The van der Waals surface area contributed by atoms with Gasteiger partial charge in [0.1, 0.15) is 0 Å². The highest BCUT2D eigenvalue weighted by Crippen LogP contribution is 2.15. The maximum absolute atomic E-state index is 12.0. The average Bonchev–Trinajstić information content (AvgIpc) is 2.80. The van der Waals surface area contributed by atoms with Crippen molar-refractivity contribution in [1.82, 2.24) is 4.72 Å². The molecule has 1 heterocycles. The van der Waals surface area contributed by atoms with Gasteiger partial charge in [0.15, 0.2) is 0 Å². The average molecular weight is 255 g/mol. The molecule has 1 saturated heterocycles. The Morgan fingerprint density at radius 2 is 2.18 bits per heavy atom.